The molecule has 0 aliphatic carbocycles. The van der Waals surface area contributed by atoms with Gasteiger partial charge in [0.1, 0.15) is 0 Å². The summed E-state index contributed by atoms with van der Waals surface area (Å²) in [5.74, 6) is 0.951. The van der Waals surface area contributed by atoms with Gasteiger partial charge in [-0.15, -0.1) is 0 Å². The van der Waals surface area contributed by atoms with Gasteiger partial charge in [0, 0.05) is 0 Å². The molecule has 0 unspecified atom stereocenters. The molecular weight excluding hydrogens is 335 g/mol. The monoisotopic (exact) mass is 350 g/mol. The van der Waals surface area contributed by atoms with Crippen molar-refractivity contribution in [3.8, 4) is 31.3 Å². The first-order valence-corrected chi connectivity index (χ1v) is 8.92. The Morgan fingerprint density at radius 3 is 2.00 bits per heavy atom. The molecule has 4 aromatic rings. The Kier molecular flexibility index (Phi) is 3.55. The van der Waals surface area contributed by atoms with Gasteiger partial charge in [0.15, 0.2) is 0 Å². The Morgan fingerprint density at radius 2 is 1.36 bits per heavy atom. The van der Waals surface area contributed by atoms with Crippen LogP contribution in [-0.2, 0) is 0 Å². The molecule has 0 amide bonds. The molecule has 1 nitrogen and oxygen atoms in total. The second-order valence-electron chi connectivity index (χ2n) is 5.06. The van der Waals surface area contributed by atoms with Gasteiger partial charge in [0.05, 0.1) is 0 Å². The van der Waals surface area contributed by atoms with Gasteiger partial charge in [0.25, 0.3) is 0 Å². The van der Waals surface area contributed by atoms with Crippen molar-refractivity contribution in [3.05, 3.63) is 85.1 Å². The fourth-order valence-corrected chi connectivity index (χ4v) is 5.02. The molecule has 2 aromatic carbocycles. The SMILES string of the molecule is c1ccc(-c2cc(-c3ccco3)c(-c3ccccc3)[se]2)cc1. The fraction of sp³-hybridized carbons (Fsp3) is 0. The third-order valence-electron chi connectivity index (χ3n) is 3.61. The predicted octanol–water partition coefficient (Wildman–Crippen LogP) is 5.34. The van der Waals surface area contributed by atoms with Crippen LogP contribution < -0.4 is 0 Å². The van der Waals surface area contributed by atoms with Crippen molar-refractivity contribution in [3.63, 3.8) is 0 Å². The Labute approximate surface area is 135 Å². The van der Waals surface area contributed by atoms with Crippen LogP contribution in [0.4, 0.5) is 0 Å². The van der Waals surface area contributed by atoms with E-state index in [0.717, 1.165) is 5.76 Å². The van der Waals surface area contributed by atoms with Crippen molar-refractivity contribution in [2.75, 3.05) is 0 Å². The average Bonchev–Trinajstić information content (AvgIpc) is 3.26. The number of furan rings is 1. The Morgan fingerprint density at radius 1 is 0.682 bits per heavy atom. The van der Waals surface area contributed by atoms with E-state index in [1.807, 2.05) is 12.1 Å². The molecule has 0 aliphatic rings. The van der Waals surface area contributed by atoms with Crippen molar-refractivity contribution in [1.29, 1.82) is 0 Å². The maximum atomic E-state index is 5.66. The van der Waals surface area contributed by atoms with Crippen molar-refractivity contribution >= 4 is 14.5 Å². The first-order valence-electron chi connectivity index (χ1n) is 7.20. The zero-order valence-electron chi connectivity index (χ0n) is 11.9. The van der Waals surface area contributed by atoms with Crippen LogP contribution in [0.15, 0.2) is 89.5 Å². The molecule has 2 heteroatoms. The summed E-state index contributed by atoms with van der Waals surface area (Å²) in [7, 11) is 0. The summed E-state index contributed by atoms with van der Waals surface area (Å²) in [6, 6.07) is 27.5. The van der Waals surface area contributed by atoms with Crippen LogP contribution in [0.2, 0.25) is 0 Å². The van der Waals surface area contributed by atoms with Gasteiger partial charge in [-0.2, -0.15) is 0 Å². The van der Waals surface area contributed by atoms with Crippen LogP contribution in [0, 0.1) is 0 Å². The Balaban J connectivity index is 1.91. The normalized spacial score (nSPS) is 10.7. The molecule has 2 aromatic heterocycles. The van der Waals surface area contributed by atoms with E-state index in [-0.39, 0.29) is 14.5 Å². The molecule has 0 atom stereocenters. The van der Waals surface area contributed by atoms with Crippen LogP contribution in [0.1, 0.15) is 0 Å². The van der Waals surface area contributed by atoms with Crippen LogP contribution >= 0.6 is 0 Å². The van der Waals surface area contributed by atoms with Crippen molar-refractivity contribution in [1.82, 2.24) is 0 Å². The van der Waals surface area contributed by atoms with Crippen LogP contribution in [0.3, 0.4) is 0 Å². The number of benzene rings is 2. The quantitative estimate of drug-likeness (QED) is 0.455. The molecule has 0 radical (unpaired) electrons. The third-order valence-corrected chi connectivity index (χ3v) is 6.20. The van der Waals surface area contributed by atoms with Gasteiger partial charge in [-0.1, -0.05) is 0 Å². The van der Waals surface area contributed by atoms with E-state index in [1.54, 1.807) is 6.26 Å². The molecule has 106 valence electrons. The third kappa shape index (κ3) is 2.48. The molecule has 0 fully saturated rings. The zero-order chi connectivity index (χ0) is 14.8. The molecule has 0 N–H and O–H groups in total. The Bertz CT molecular complexity index is 859. The van der Waals surface area contributed by atoms with Gasteiger partial charge in [-0.05, 0) is 0 Å². The van der Waals surface area contributed by atoms with Gasteiger partial charge in [-0.25, -0.2) is 0 Å². The van der Waals surface area contributed by atoms with E-state index in [0.29, 0.717) is 0 Å². The maximum absolute atomic E-state index is 5.66. The number of hydrogen-bond donors (Lipinski definition) is 0. The van der Waals surface area contributed by atoms with Crippen LogP contribution in [-0.4, -0.2) is 14.5 Å². The van der Waals surface area contributed by atoms with Crippen LogP contribution in [0.5, 0.6) is 0 Å². The second-order valence-corrected chi connectivity index (χ2v) is 7.27. The van der Waals surface area contributed by atoms with Gasteiger partial charge < -0.3 is 0 Å². The molecule has 0 saturated carbocycles. The predicted molar refractivity (Wildman–Crippen MR) is 92.0 cm³/mol. The van der Waals surface area contributed by atoms with E-state index in [2.05, 4.69) is 66.7 Å². The first-order chi connectivity index (χ1) is 10.9. The summed E-state index contributed by atoms with van der Waals surface area (Å²) in [6.45, 7) is 0. The van der Waals surface area contributed by atoms with E-state index in [4.69, 9.17) is 4.42 Å². The molecule has 2 heterocycles. The topological polar surface area (TPSA) is 13.1 Å². The van der Waals surface area contributed by atoms with Gasteiger partial charge >= 0.3 is 135 Å². The summed E-state index contributed by atoms with van der Waals surface area (Å²) in [4.78, 5) is 0. The Hall–Kier alpha value is -2.28. The van der Waals surface area contributed by atoms with Gasteiger partial charge in [0.2, 0.25) is 0 Å². The van der Waals surface area contributed by atoms with E-state index < -0.39 is 0 Å². The van der Waals surface area contributed by atoms with Gasteiger partial charge in [-0.3, -0.25) is 0 Å². The molecule has 0 bridgehead atoms. The summed E-state index contributed by atoms with van der Waals surface area (Å²) >= 11 is 0.283. The number of hydrogen-bond acceptors (Lipinski definition) is 1. The van der Waals surface area contributed by atoms with E-state index in [1.165, 1.54) is 25.6 Å². The second kappa shape index (κ2) is 5.84. The molecule has 0 spiro atoms. The standard InChI is InChI=1S/C20H14OSe/c1-3-8-15(9-4-1)19-14-17(18-12-7-13-21-18)20(22-19)16-10-5-2-6-11-16/h1-14H. The molecule has 0 aliphatic heterocycles. The van der Waals surface area contributed by atoms with Crippen LogP contribution in [0.25, 0.3) is 31.3 Å². The summed E-state index contributed by atoms with van der Waals surface area (Å²) in [6.07, 6.45) is 1.74. The fourth-order valence-electron chi connectivity index (χ4n) is 2.55. The zero-order valence-corrected chi connectivity index (χ0v) is 13.6. The summed E-state index contributed by atoms with van der Waals surface area (Å²) in [5, 5.41) is 0. The molecule has 4 rings (SSSR count). The average molecular weight is 349 g/mol. The molecule has 0 saturated heterocycles. The van der Waals surface area contributed by atoms with Crippen molar-refractivity contribution in [2.45, 2.75) is 0 Å². The van der Waals surface area contributed by atoms with E-state index >= 15 is 0 Å². The minimum atomic E-state index is 0.283. The first kappa shape index (κ1) is 13.4. The minimum absolute atomic E-state index is 0.283. The summed E-state index contributed by atoms with van der Waals surface area (Å²) < 4.78 is 8.45. The number of rotatable bonds is 3. The van der Waals surface area contributed by atoms with Crippen molar-refractivity contribution in [2.24, 2.45) is 0 Å². The molecule has 22 heavy (non-hydrogen) atoms. The van der Waals surface area contributed by atoms with Crippen molar-refractivity contribution < 1.29 is 4.42 Å². The summed E-state index contributed by atoms with van der Waals surface area (Å²) in [5.41, 5.74) is 3.81. The molecular formula is C20H14OSe. The van der Waals surface area contributed by atoms with E-state index in [9.17, 15) is 0 Å².